The lowest BCUT2D eigenvalue weighted by molar-refractivity contribution is -0.143. The molecule has 26 heavy (non-hydrogen) atoms. The van der Waals surface area contributed by atoms with Crippen LogP contribution in [0.4, 0.5) is 0 Å². The molecule has 1 saturated carbocycles. The number of nitrogens with one attached hydrogen (secondary N) is 1. The van der Waals surface area contributed by atoms with Crippen molar-refractivity contribution in [2.75, 3.05) is 13.1 Å². The number of likely N-dealkylation sites (N-methyl/N-ethyl adjacent to an activating group) is 1. The van der Waals surface area contributed by atoms with Gasteiger partial charge in [0.15, 0.2) is 0 Å². The molecule has 6 heteroatoms. The van der Waals surface area contributed by atoms with E-state index in [1.807, 2.05) is 13.8 Å². The van der Waals surface area contributed by atoms with Crippen LogP contribution in [0.5, 0.6) is 0 Å². The van der Waals surface area contributed by atoms with E-state index in [9.17, 15) is 14.4 Å². The molecule has 0 bridgehead atoms. The molecule has 6 nitrogen and oxygen atoms in total. The predicted octanol–water partition coefficient (Wildman–Crippen LogP) is 2.61. The Morgan fingerprint density at radius 1 is 1.12 bits per heavy atom. The fourth-order valence-corrected chi connectivity index (χ4v) is 3.67. The summed E-state index contributed by atoms with van der Waals surface area (Å²) in [5.41, 5.74) is -0.0447. The maximum atomic E-state index is 13.0. The first-order valence-corrected chi connectivity index (χ1v) is 9.34. The van der Waals surface area contributed by atoms with Gasteiger partial charge in [0, 0.05) is 13.1 Å². The van der Waals surface area contributed by atoms with E-state index in [0.717, 1.165) is 19.3 Å². The highest BCUT2D eigenvalue weighted by atomic mass is 16.4. The Labute approximate surface area is 154 Å². The molecule has 0 saturated heterocycles. The number of aromatic carboxylic acids is 1. The molecule has 142 valence electrons. The van der Waals surface area contributed by atoms with Gasteiger partial charge in [-0.05, 0) is 44.4 Å². The van der Waals surface area contributed by atoms with Crippen LogP contribution >= 0.6 is 0 Å². The highest BCUT2D eigenvalue weighted by Gasteiger charge is 2.42. The predicted molar refractivity (Wildman–Crippen MR) is 99.0 cm³/mol. The van der Waals surface area contributed by atoms with Gasteiger partial charge in [0.05, 0.1) is 12.0 Å². The molecule has 0 unspecified atom stereocenters. The normalized spacial score (nSPS) is 15.9. The van der Waals surface area contributed by atoms with E-state index >= 15 is 0 Å². The molecule has 1 aromatic rings. The lowest BCUT2D eigenvalue weighted by Crippen LogP contribution is -2.60. The Balaban J connectivity index is 2.15. The second kappa shape index (κ2) is 8.83. The van der Waals surface area contributed by atoms with Crippen molar-refractivity contribution >= 4 is 17.8 Å². The molecule has 0 radical (unpaired) electrons. The number of carboxylic acid groups (broad SMARTS) is 1. The first kappa shape index (κ1) is 19.9. The summed E-state index contributed by atoms with van der Waals surface area (Å²) in [7, 11) is 0. The Morgan fingerprint density at radius 3 is 2.35 bits per heavy atom. The van der Waals surface area contributed by atoms with Gasteiger partial charge in [0.25, 0.3) is 0 Å². The monoisotopic (exact) mass is 360 g/mol. The van der Waals surface area contributed by atoms with E-state index in [-0.39, 0.29) is 23.8 Å². The minimum absolute atomic E-state index is 0.00478. The van der Waals surface area contributed by atoms with Crippen molar-refractivity contribution in [3.63, 3.8) is 0 Å². The molecule has 0 heterocycles. The van der Waals surface area contributed by atoms with Crippen LogP contribution < -0.4 is 5.32 Å². The molecule has 0 spiro atoms. The van der Waals surface area contributed by atoms with Gasteiger partial charge in [-0.3, -0.25) is 9.59 Å². The van der Waals surface area contributed by atoms with Crippen molar-refractivity contribution in [3.05, 3.63) is 35.4 Å². The zero-order valence-electron chi connectivity index (χ0n) is 15.6. The van der Waals surface area contributed by atoms with Gasteiger partial charge in [-0.2, -0.15) is 0 Å². The highest BCUT2D eigenvalue weighted by molar-refractivity contribution is 5.92. The molecular formula is C20H28N2O4. The highest BCUT2D eigenvalue weighted by Crippen LogP contribution is 2.30. The van der Waals surface area contributed by atoms with Crippen molar-refractivity contribution in [3.8, 4) is 0 Å². The molecule has 2 rings (SSSR count). The number of amides is 2. The van der Waals surface area contributed by atoms with Crippen LogP contribution in [0.15, 0.2) is 24.3 Å². The van der Waals surface area contributed by atoms with Gasteiger partial charge in [-0.25, -0.2) is 4.79 Å². The second-order valence-electron chi connectivity index (χ2n) is 6.85. The number of carbonyl (C=O) groups excluding carboxylic acids is 2. The fraction of sp³-hybridized carbons (Fsp3) is 0.550. The Bertz CT molecular complexity index is 662. The first-order valence-electron chi connectivity index (χ1n) is 9.34. The van der Waals surface area contributed by atoms with Crippen LogP contribution in [0.2, 0.25) is 0 Å². The van der Waals surface area contributed by atoms with Crippen LogP contribution in [0.25, 0.3) is 0 Å². The summed E-state index contributed by atoms with van der Waals surface area (Å²) >= 11 is 0. The average Bonchev–Trinajstić information content (AvgIpc) is 2.63. The number of nitrogens with zero attached hydrogens (tertiary/aromatic N) is 1. The lowest BCUT2D eigenvalue weighted by atomic mass is 9.80. The topological polar surface area (TPSA) is 86.7 Å². The standard InChI is InChI=1S/C20H28N2O4/c1-3-22(4-2)19(26)20(11-6-5-7-12-20)21-17(23)14-15-9-8-10-16(13-15)18(24)25/h8-10,13H,3-7,11-12,14H2,1-2H3,(H,21,23)(H,24,25). The zero-order chi connectivity index (χ0) is 19.2. The van der Waals surface area contributed by atoms with Gasteiger partial charge >= 0.3 is 5.97 Å². The zero-order valence-corrected chi connectivity index (χ0v) is 15.6. The van der Waals surface area contributed by atoms with Crippen LogP contribution in [-0.4, -0.2) is 46.4 Å². The third-order valence-electron chi connectivity index (χ3n) is 5.08. The summed E-state index contributed by atoms with van der Waals surface area (Å²) in [6.07, 6.45) is 4.29. The number of hydrogen-bond donors (Lipinski definition) is 2. The van der Waals surface area contributed by atoms with Gasteiger partial charge in [-0.1, -0.05) is 31.4 Å². The van der Waals surface area contributed by atoms with E-state index in [0.29, 0.717) is 31.5 Å². The smallest absolute Gasteiger partial charge is 0.335 e. The molecule has 1 aliphatic carbocycles. The van der Waals surface area contributed by atoms with E-state index in [1.165, 1.54) is 12.1 Å². The Morgan fingerprint density at radius 2 is 1.77 bits per heavy atom. The minimum atomic E-state index is -1.02. The molecular weight excluding hydrogens is 332 g/mol. The van der Waals surface area contributed by atoms with Crippen LogP contribution in [0, 0.1) is 0 Å². The summed E-state index contributed by atoms with van der Waals surface area (Å²) in [5, 5.41) is 12.1. The molecule has 1 aromatic carbocycles. The number of carbonyl (C=O) groups is 3. The molecule has 2 N–H and O–H groups in total. The van der Waals surface area contributed by atoms with Crippen molar-refractivity contribution in [1.29, 1.82) is 0 Å². The van der Waals surface area contributed by atoms with E-state index in [4.69, 9.17) is 5.11 Å². The van der Waals surface area contributed by atoms with Crippen LogP contribution in [0.3, 0.4) is 0 Å². The number of carboxylic acids is 1. The van der Waals surface area contributed by atoms with Crippen molar-refractivity contribution in [2.24, 2.45) is 0 Å². The first-order chi connectivity index (χ1) is 12.4. The summed E-state index contributed by atoms with van der Waals surface area (Å²) in [4.78, 5) is 38.5. The Hall–Kier alpha value is -2.37. The van der Waals surface area contributed by atoms with Crippen LogP contribution in [0.1, 0.15) is 61.9 Å². The number of rotatable bonds is 7. The van der Waals surface area contributed by atoms with E-state index in [2.05, 4.69) is 5.32 Å². The third kappa shape index (κ3) is 4.62. The van der Waals surface area contributed by atoms with E-state index in [1.54, 1.807) is 17.0 Å². The second-order valence-corrected chi connectivity index (χ2v) is 6.85. The van der Waals surface area contributed by atoms with Gasteiger partial charge in [-0.15, -0.1) is 0 Å². The molecule has 0 aliphatic heterocycles. The quantitative estimate of drug-likeness (QED) is 0.782. The average molecular weight is 360 g/mol. The molecule has 0 aromatic heterocycles. The van der Waals surface area contributed by atoms with Crippen molar-refractivity contribution in [1.82, 2.24) is 10.2 Å². The lowest BCUT2D eigenvalue weighted by Gasteiger charge is -2.40. The maximum absolute atomic E-state index is 13.0. The SMILES string of the molecule is CCN(CC)C(=O)C1(NC(=O)Cc2cccc(C(=O)O)c2)CCCCC1. The van der Waals surface area contributed by atoms with E-state index < -0.39 is 11.5 Å². The minimum Gasteiger partial charge on any atom is -0.478 e. The Kier molecular flexibility index (Phi) is 6.77. The molecule has 0 atom stereocenters. The van der Waals surface area contributed by atoms with Crippen molar-refractivity contribution < 1.29 is 19.5 Å². The largest absolute Gasteiger partial charge is 0.478 e. The van der Waals surface area contributed by atoms with Crippen LogP contribution in [-0.2, 0) is 16.0 Å². The summed E-state index contributed by atoms with van der Waals surface area (Å²) in [6.45, 7) is 5.12. The molecule has 1 aliphatic rings. The number of benzene rings is 1. The van der Waals surface area contributed by atoms with Gasteiger partial charge in [0.1, 0.15) is 5.54 Å². The maximum Gasteiger partial charge on any atom is 0.335 e. The summed E-state index contributed by atoms with van der Waals surface area (Å²) < 4.78 is 0. The molecule has 2 amide bonds. The van der Waals surface area contributed by atoms with Crippen molar-refractivity contribution in [2.45, 2.75) is 57.9 Å². The summed E-state index contributed by atoms with van der Waals surface area (Å²) in [5.74, 6) is -1.27. The third-order valence-corrected chi connectivity index (χ3v) is 5.08. The summed E-state index contributed by atoms with van der Waals surface area (Å²) in [6, 6.07) is 6.35. The van der Waals surface area contributed by atoms with Gasteiger partial charge in [0.2, 0.25) is 11.8 Å². The van der Waals surface area contributed by atoms with Gasteiger partial charge < -0.3 is 15.3 Å². The molecule has 1 fully saturated rings. The fourth-order valence-electron chi connectivity index (χ4n) is 3.67. The number of hydrogen-bond acceptors (Lipinski definition) is 3.